The van der Waals surface area contributed by atoms with E-state index in [0.29, 0.717) is 45.0 Å². The molecule has 41 valence electrons. The molecule has 0 unspecified atom stereocenters. The van der Waals surface area contributed by atoms with Crippen LogP contribution in [0.5, 0.6) is 0 Å². The zero-order chi connectivity index (χ0) is 4.00. The third-order valence-electron chi connectivity index (χ3n) is 0. The van der Waals surface area contributed by atoms with Crippen LogP contribution in [0.25, 0.3) is 0 Å². The molecule has 0 saturated carbocycles. The standard InChI is InChI=1S/Ag.2In.2O.2Sn.2Zn. The first kappa shape index (κ1) is 48.5. The largest absolute Gasteiger partial charge is 0 e. The van der Waals surface area contributed by atoms with Gasteiger partial charge in [-0.3, -0.25) is 0 Å². The summed E-state index contributed by atoms with van der Waals surface area (Å²) in [6, 6.07) is 0. The Morgan fingerprint density at radius 2 is 0.667 bits per heavy atom. The van der Waals surface area contributed by atoms with Crippen LogP contribution in [0.1, 0.15) is 0 Å². The first-order chi connectivity index (χ1) is 2.00. The molecule has 0 aromatic rings. The first-order valence-electron chi connectivity index (χ1n) is 0.408. The molecule has 0 heterocycles. The summed E-state index contributed by atoms with van der Waals surface area (Å²) in [5.41, 5.74) is 0. The van der Waals surface area contributed by atoms with Gasteiger partial charge in [-0.1, -0.05) is 0 Å². The molecule has 0 aromatic carbocycles. The van der Waals surface area contributed by atoms with E-state index in [1.165, 1.54) is 0 Å². The Morgan fingerprint density at radius 3 is 0.667 bits per heavy atom. The molecule has 0 bridgehead atoms. The summed E-state index contributed by atoms with van der Waals surface area (Å²) in [6.07, 6.45) is 0. The Bertz CT molecular complexity index is 22.5. The van der Waals surface area contributed by atoms with Crippen molar-refractivity contribution in [2.75, 3.05) is 0 Å². The number of hydrogen-bond acceptors (Lipinski definition) is 2. The van der Waals surface area contributed by atoms with Crippen molar-refractivity contribution in [2.45, 2.75) is 0 Å². The molecule has 9 heteroatoms. The van der Waals surface area contributed by atoms with Crippen LogP contribution < -0.4 is 0 Å². The quantitative estimate of drug-likeness (QED) is 0.277. The van der Waals surface area contributed by atoms with Gasteiger partial charge < -0.3 is 0 Å². The van der Waals surface area contributed by atoms with Crippen LogP contribution in [0.4, 0.5) is 0 Å². The average molecular weight is 738 g/mol. The first-order valence-corrected chi connectivity index (χ1v) is 2.74. The van der Waals surface area contributed by atoms with Crippen LogP contribution in [0, 0.1) is 0 Å². The van der Waals surface area contributed by atoms with Gasteiger partial charge in [-0.15, -0.1) is 0 Å². The molecule has 0 aromatic heterocycles. The molecule has 0 saturated heterocycles. The summed E-state index contributed by atoms with van der Waals surface area (Å²) in [7, 11) is 0. The molecule has 2 nitrogen and oxygen atoms in total. The molecule has 9 heavy (non-hydrogen) atoms. The summed E-state index contributed by atoms with van der Waals surface area (Å²) in [5.74, 6) is 0. The van der Waals surface area contributed by atoms with Crippen molar-refractivity contribution >= 4 is 96.7 Å². The molecule has 0 spiro atoms. The van der Waals surface area contributed by atoms with E-state index in [-0.39, 0.29) is 113 Å². The van der Waals surface area contributed by atoms with Gasteiger partial charge in [-0.2, -0.15) is 0 Å². The van der Waals surface area contributed by atoms with E-state index >= 15 is 0 Å². The normalized spacial score (nSPS) is 0.889. The molecule has 0 rings (SSSR count). The van der Waals surface area contributed by atoms with Gasteiger partial charge in [0.05, 0.1) is 0 Å². The average Bonchev–Trinajstić information content (AvgIpc) is 1.50. The van der Waals surface area contributed by atoms with Gasteiger partial charge >= 0.3 is 51.2 Å². The maximum Gasteiger partial charge on any atom is 0 e. The minimum atomic E-state index is 0. The van der Waals surface area contributed by atoms with Crippen molar-refractivity contribution in [3.8, 4) is 0 Å². The Labute approximate surface area is 160 Å². The summed E-state index contributed by atoms with van der Waals surface area (Å²) in [6.45, 7) is 0. The fraction of sp³-hybridized carbons (Fsp3) is 0. The topological polar surface area (TPSA) is 34.1 Å². The zero-order valence-corrected chi connectivity index (χ0v) is 24.4. The fourth-order valence-electron chi connectivity index (χ4n) is 0. The summed E-state index contributed by atoms with van der Waals surface area (Å²) < 4.78 is 16.7. The van der Waals surface area contributed by atoms with E-state index in [9.17, 15) is 0 Å². The van der Waals surface area contributed by atoms with Gasteiger partial charge in [-0.05, 0) is 0 Å². The van der Waals surface area contributed by atoms with E-state index in [1.807, 2.05) is 0 Å². The molecule has 0 amide bonds. The van der Waals surface area contributed by atoms with Gasteiger partial charge in [0, 0.05) is 113 Å². The van der Waals surface area contributed by atoms with Gasteiger partial charge in [0.2, 0.25) is 0 Å². The predicted octanol–water partition coefficient (Wildman–Crippen LogP) is -1.77. The second kappa shape index (κ2) is 75.8. The van der Waals surface area contributed by atoms with Gasteiger partial charge in [0.15, 0.2) is 0 Å². The maximum atomic E-state index is 8.34. The van der Waals surface area contributed by atoms with E-state index in [4.69, 9.17) is 6.15 Å². The van der Waals surface area contributed by atoms with Crippen molar-refractivity contribution in [2.24, 2.45) is 0 Å². The smallest absolute Gasteiger partial charge is 0 e. The SMILES string of the molecule is [Ag].[In].[In].[O]=[Sn].[O]=[Sn].[Zn].[Zn]. The molecular weight excluding hydrogens is 738 g/mol. The summed E-state index contributed by atoms with van der Waals surface area (Å²) in [4.78, 5) is 0. The molecule has 0 N–H and O–H groups in total. The Hall–Kier alpha value is 4.92. The zero-order valence-electron chi connectivity index (χ0n) is 4.69. The van der Waals surface area contributed by atoms with Crippen molar-refractivity contribution in [3.63, 3.8) is 0 Å². The fourth-order valence-corrected chi connectivity index (χ4v) is 0. The van der Waals surface area contributed by atoms with Crippen LogP contribution in [-0.2, 0) is 67.5 Å². The van der Waals surface area contributed by atoms with Crippen LogP contribution in [0.2, 0.25) is 0 Å². The minimum Gasteiger partial charge on any atom is 0 e. The summed E-state index contributed by atoms with van der Waals surface area (Å²) in [5, 5.41) is 0. The number of rotatable bonds is 0. The van der Waals surface area contributed by atoms with E-state index < -0.39 is 0 Å². The van der Waals surface area contributed by atoms with Crippen LogP contribution in [-0.4, -0.2) is 96.7 Å². The van der Waals surface area contributed by atoms with Crippen molar-refractivity contribution in [3.05, 3.63) is 0 Å². The molecule has 0 aliphatic rings. The molecule has 0 fully saturated rings. The van der Waals surface area contributed by atoms with Crippen LogP contribution in [0.3, 0.4) is 0 Å². The summed E-state index contributed by atoms with van der Waals surface area (Å²) >= 11 is 0.600. The Balaban J connectivity index is -0.00000000114. The van der Waals surface area contributed by atoms with E-state index in [2.05, 4.69) is 0 Å². The van der Waals surface area contributed by atoms with E-state index in [1.54, 1.807) is 0 Å². The molecule has 11 radical (unpaired) electrons. The predicted molar refractivity (Wildman–Crippen MR) is 24.4 cm³/mol. The van der Waals surface area contributed by atoms with Crippen LogP contribution in [0.15, 0.2) is 0 Å². The molecule has 0 atom stereocenters. The van der Waals surface area contributed by atoms with Gasteiger partial charge in [-0.25, -0.2) is 0 Å². The monoisotopic (exact) mass is 736 g/mol. The van der Waals surface area contributed by atoms with Crippen molar-refractivity contribution < 1.29 is 67.5 Å². The Kier molecular flexibility index (Phi) is 408. The second-order valence-corrected chi connectivity index (χ2v) is 0. The maximum absolute atomic E-state index is 8.34. The van der Waals surface area contributed by atoms with Gasteiger partial charge in [0.25, 0.3) is 0 Å². The molecular formula is AgIn2O2Sn2Zn2. The minimum absolute atomic E-state index is 0. The second-order valence-electron chi connectivity index (χ2n) is 0. The van der Waals surface area contributed by atoms with Gasteiger partial charge in [0.1, 0.15) is 0 Å². The van der Waals surface area contributed by atoms with Crippen molar-refractivity contribution in [1.29, 1.82) is 0 Å². The van der Waals surface area contributed by atoms with E-state index in [0.717, 1.165) is 0 Å². The third-order valence-corrected chi connectivity index (χ3v) is 0. The number of hydrogen-bond donors (Lipinski definition) is 0. The molecule has 0 aliphatic heterocycles. The van der Waals surface area contributed by atoms with Crippen LogP contribution >= 0.6 is 0 Å². The third kappa shape index (κ3) is 63.6. The Morgan fingerprint density at radius 1 is 0.667 bits per heavy atom. The molecule has 0 aliphatic carbocycles. The van der Waals surface area contributed by atoms with Crippen molar-refractivity contribution in [1.82, 2.24) is 0 Å².